The Morgan fingerprint density at radius 3 is 0.581 bits per heavy atom. The summed E-state index contributed by atoms with van der Waals surface area (Å²) in [6.07, 6.45) is 0. The van der Waals surface area contributed by atoms with E-state index in [1.807, 2.05) is 0 Å². The first-order valence-electron chi connectivity index (χ1n) is 25.3. The first-order valence-corrected chi connectivity index (χ1v) is 25.3. The Morgan fingerprint density at radius 2 is 0.338 bits per heavy atom. The van der Waals surface area contributed by atoms with Crippen LogP contribution in [-0.4, -0.2) is 0 Å². The largest absolute Gasteiger partial charge is 0.309 e. The molecular formula is C72H52N2. The summed E-state index contributed by atoms with van der Waals surface area (Å²) in [7, 11) is 0. The molecule has 350 valence electrons. The number of rotatable bonds is 13. The Kier molecular flexibility index (Phi) is 12.8. The molecule has 0 amide bonds. The van der Waals surface area contributed by atoms with Crippen molar-refractivity contribution in [3.63, 3.8) is 0 Å². The molecule has 0 aromatic heterocycles. The topological polar surface area (TPSA) is 6.48 Å². The molecule has 0 unspecified atom stereocenters. The molecule has 0 radical (unpaired) electrons. The molecule has 0 aliphatic carbocycles. The molecule has 0 saturated carbocycles. The zero-order valence-electron chi connectivity index (χ0n) is 40.9. The van der Waals surface area contributed by atoms with Crippen LogP contribution in [0, 0.1) is 0 Å². The number of anilines is 6. The van der Waals surface area contributed by atoms with Gasteiger partial charge in [-0.2, -0.15) is 0 Å². The van der Waals surface area contributed by atoms with Gasteiger partial charge in [-0.05, 0) is 128 Å². The molecule has 12 aromatic carbocycles. The molecule has 0 aliphatic rings. The smallest absolute Gasteiger partial charge is 0.0618 e. The molecule has 12 rings (SSSR count). The number of hydrogen-bond donors (Lipinski definition) is 0. The van der Waals surface area contributed by atoms with Crippen LogP contribution in [0.25, 0.3) is 77.9 Å². The summed E-state index contributed by atoms with van der Waals surface area (Å²) >= 11 is 0. The average molecular weight is 945 g/mol. The predicted octanol–water partition coefficient (Wildman–Crippen LogP) is 20.3. The molecule has 0 spiro atoms. The SMILES string of the molecule is c1ccc(-c2cc(-c3ccccc3)c(N(c3ccccc3)c3ccc(-c4ccc(N(c5ccccc5)c5c(-c6ccccc6)cc(-c6ccccc6)cc5-c5ccccc5)cc4)cc3)c(-c3ccccc3)c2)cc1. The second-order valence-corrected chi connectivity index (χ2v) is 18.5. The summed E-state index contributed by atoms with van der Waals surface area (Å²) < 4.78 is 0. The Morgan fingerprint density at radius 1 is 0.149 bits per heavy atom. The molecule has 0 saturated heterocycles. The van der Waals surface area contributed by atoms with Gasteiger partial charge in [0.2, 0.25) is 0 Å². The summed E-state index contributed by atoms with van der Waals surface area (Å²) in [6.45, 7) is 0. The van der Waals surface area contributed by atoms with Crippen molar-refractivity contribution in [3.8, 4) is 77.9 Å². The van der Waals surface area contributed by atoms with E-state index in [4.69, 9.17) is 0 Å². The highest BCUT2D eigenvalue weighted by molar-refractivity contribution is 6.02. The highest BCUT2D eigenvalue weighted by Gasteiger charge is 2.26. The zero-order valence-corrected chi connectivity index (χ0v) is 40.9. The summed E-state index contributed by atoms with van der Waals surface area (Å²) in [5, 5.41) is 0. The Balaban J connectivity index is 0.990. The molecule has 0 atom stereocenters. The second kappa shape index (κ2) is 20.9. The summed E-state index contributed by atoms with van der Waals surface area (Å²) in [4.78, 5) is 4.86. The van der Waals surface area contributed by atoms with Crippen molar-refractivity contribution in [1.82, 2.24) is 0 Å². The minimum atomic E-state index is 1.06. The van der Waals surface area contributed by atoms with Gasteiger partial charge in [0.05, 0.1) is 11.4 Å². The molecule has 2 heteroatoms. The first kappa shape index (κ1) is 45.4. The minimum absolute atomic E-state index is 1.06. The molecule has 0 bridgehead atoms. The van der Waals surface area contributed by atoms with E-state index in [2.05, 4.69) is 325 Å². The summed E-state index contributed by atoms with van der Waals surface area (Å²) in [5.74, 6) is 0. The van der Waals surface area contributed by atoms with Gasteiger partial charge in [0, 0.05) is 45.0 Å². The van der Waals surface area contributed by atoms with Gasteiger partial charge in [0.25, 0.3) is 0 Å². The molecular weight excluding hydrogens is 893 g/mol. The van der Waals surface area contributed by atoms with Gasteiger partial charge < -0.3 is 9.80 Å². The summed E-state index contributed by atoms with van der Waals surface area (Å²) in [6, 6.07) is 114. The van der Waals surface area contributed by atoms with Crippen LogP contribution in [0.1, 0.15) is 0 Å². The normalized spacial score (nSPS) is 11.0. The number of nitrogens with zero attached hydrogens (tertiary/aromatic N) is 2. The third kappa shape index (κ3) is 9.32. The third-order valence-electron chi connectivity index (χ3n) is 13.8. The van der Waals surface area contributed by atoms with E-state index in [0.717, 1.165) is 89.8 Å². The molecule has 12 aromatic rings. The number of hydrogen-bond acceptors (Lipinski definition) is 2. The van der Waals surface area contributed by atoms with E-state index in [1.54, 1.807) is 0 Å². The van der Waals surface area contributed by atoms with Crippen molar-refractivity contribution in [1.29, 1.82) is 0 Å². The molecule has 2 nitrogen and oxygen atoms in total. The van der Waals surface area contributed by atoms with E-state index in [9.17, 15) is 0 Å². The lowest BCUT2D eigenvalue weighted by Crippen LogP contribution is -2.13. The van der Waals surface area contributed by atoms with Crippen molar-refractivity contribution in [2.24, 2.45) is 0 Å². The number of benzene rings is 12. The maximum absolute atomic E-state index is 2.43. The van der Waals surface area contributed by atoms with Gasteiger partial charge in [-0.25, -0.2) is 0 Å². The Labute approximate surface area is 435 Å². The predicted molar refractivity (Wildman–Crippen MR) is 314 cm³/mol. The highest BCUT2D eigenvalue weighted by Crippen LogP contribution is 2.51. The van der Waals surface area contributed by atoms with Crippen molar-refractivity contribution >= 4 is 34.1 Å². The van der Waals surface area contributed by atoms with Gasteiger partial charge in [0.15, 0.2) is 0 Å². The van der Waals surface area contributed by atoms with Crippen molar-refractivity contribution in [2.75, 3.05) is 9.80 Å². The summed E-state index contributed by atoms with van der Waals surface area (Å²) in [5.41, 5.74) is 22.7. The number of para-hydroxylation sites is 2. The van der Waals surface area contributed by atoms with E-state index < -0.39 is 0 Å². The fourth-order valence-electron chi connectivity index (χ4n) is 10.3. The van der Waals surface area contributed by atoms with Gasteiger partial charge in [-0.1, -0.05) is 243 Å². The van der Waals surface area contributed by atoms with E-state index in [1.165, 1.54) is 22.3 Å². The molecule has 74 heavy (non-hydrogen) atoms. The van der Waals surface area contributed by atoms with E-state index in [0.29, 0.717) is 0 Å². The van der Waals surface area contributed by atoms with Gasteiger partial charge in [0.1, 0.15) is 0 Å². The van der Waals surface area contributed by atoms with Crippen LogP contribution < -0.4 is 9.80 Å². The lowest BCUT2D eigenvalue weighted by Gasteiger charge is -2.31. The quantitative estimate of drug-likeness (QED) is 0.114. The molecule has 0 aliphatic heterocycles. The third-order valence-corrected chi connectivity index (χ3v) is 13.8. The van der Waals surface area contributed by atoms with Crippen molar-refractivity contribution in [2.45, 2.75) is 0 Å². The van der Waals surface area contributed by atoms with Crippen molar-refractivity contribution < 1.29 is 0 Å². The maximum Gasteiger partial charge on any atom is 0.0618 e. The van der Waals surface area contributed by atoms with Gasteiger partial charge in [-0.3, -0.25) is 0 Å². The van der Waals surface area contributed by atoms with Gasteiger partial charge in [-0.15, -0.1) is 0 Å². The lowest BCUT2D eigenvalue weighted by atomic mass is 9.89. The molecule has 0 N–H and O–H groups in total. The van der Waals surface area contributed by atoms with Crippen molar-refractivity contribution in [3.05, 3.63) is 315 Å². The maximum atomic E-state index is 2.43. The minimum Gasteiger partial charge on any atom is -0.309 e. The van der Waals surface area contributed by atoms with Crippen LogP contribution in [0.5, 0.6) is 0 Å². The molecule has 0 fully saturated rings. The van der Waals surface area contributed by atoms with Gasteiger partial charge >= 0.3 is 0 Å². The average Bonchev–Trinajstić information content (AvgIpc) is 3.50. The zero-order chi connectivity index (χ0) is 49.5. The Bertz CT molecular complexity index is 3380. The lowest BCUT2D eigenvalue weighted by molar-refractivity contribution is 1.28. The van der Waals surface area contributed by atoms with Crippen LogP contribution in [0.3, 0.4) is 0 Å². The first-order chi connectivity index (χ1) is 36.7. The monoisotopic (exact) mass is 944 g/mol. The fourth-order valence-corrected chi connectivity index (χ4v) is 10.3. The van der Waals surface area contributed by atoms with Crippen LogP contribution in [-0.2, 0) is 0 Å². The fraction of sp³-hybridized carbons (Fsp3) is 0. The van der Waals surface area contributed by atoms with Crippen LogP contribution >= 0.6 is 0 Å². The standard InChI is InChI=1S/C72H52N2/c1-9-25-53(26-10-1)61-49-67(57-29-13-3-14-30-57)71(68(50-61)58-31-15-4-16-32-58)73(63-37-21-7-22-38-63)65-45-41-55(42-46-65)56-43-47-66(48-44-56)74(64-39-23-8-24-40-64)72-69(59-33-17-5-18-34-59)51-62(54-27-11-2-12-28-54)52-70(72)60-35-19-6-20-36-60/h1-52H. The highest BCUT2D eigenvalue weighted by atomic mass is 15.2. The van der Waals surface area contributed by atoms with Crippen LogP contribution in [0.15, 0.2) is 315 Å². The van der Waals surface area contributed by atoms with Crippen LogP contribution in [0.4, 0.5) is 34.1 Å². The molecule has 0 heterocycles. The van der Waals surface area contributed by atoms with Crippen LogP contribution in [0.2, 0.25) is 0 Å². The van der Waals surface area contributed by atoms with E-state index in [-0.39, 0.29) is 0 Å². The van der Waals surface area contributed by atoms with E-state index >= 15 is 0 Å². The Hall–Kier alpha value is -9.76. The second-order valence-electron chi connectivity index (χ2n) is 18.5.